The van der Waals surface area contributed by atoms with Crippen molar-refractivity contribution in [1.29, 1.82) is 0 Å². The molecule has 192 valence electrons. The molecule has 39 heavy (non-hydrogen) atoms. The Labute approximate surface area is 221 Å². The van der Waals surface area contributed by atoms with Gasteiger partial charge in [0.25, 0.3) is 0 Å². The summed E-state index contributed by atoms with van der Waals surface area (Å²) in [6.45, 7) is 1.47. The Bertz CT molecular complexity index is 1880. The largest absolute Gasteiger partial charge is 0.363 e. The standard InChI is InChI=1S/C29H22F2N8/c30-22-12-26(38-15-17-10-18(38)13-34-17)23(31)11-20(22)25-6-9-33-29-27(19-2-1-3-24-21(19)14-35-36-24)28(37-39(25)29)16-4-7-32-8-5-16/h1-9,11-12,14,17-18,34H,10,13,15H2,(H,35,36). The monoisotopic (exact) mass is 520 g/mol. The summed E-state index contributed by atoms with van der Waals surface area (Å²) in [6, 6.07) is 14.4. The van der Waals surface area contributed by atoms with Crippen LogP contribution in [-0.4, -0.2) is 55.0 Å². The van der Waals surface area contributed by atoms with Crippen LogP contribution < -0.4 is 10.2 Å². The molecule has 0 aliphatic carbocycles. The van der Waals surface area contributed by atoms with Gasteiger partial charge in [-0.25, -0.2) is 18.3 Å². The van der Waals surface area contributed by atoms with Gasteiger partial charge < -0.3 is 10.2 Å². The average molecular weight is 521 g/mol. The molecule has 2 atom stereocenters. The van der Waals surface area contributed by atoms with Crippen molar-refractivity contribution in [2.45, 2.75) is 18.5 Å². The zero-order chi connectivity index (χ0) is 26.1. The molecule has 0 radical (unpaired) electrons. The van der Waals surface area contributed by atoms with Crippen molar-refractivity contribution in [1.82, 2.24) is 35.1 Å². The maximum Gasteiger partial charge on any atom is 0.164 e. The molecule has 2 N–H and O–H groups in total. The Morgan fingerprint density at radius 3 is 2.67 bits per heavy atom. The normalized spacial score (nSPS) is 18.6. The minimum absolute atomic E-state index is 0.128. The minimum Gasteiger partial charge on any atom is -0.363 e. The minimum atomic E-state index is -0.505. The van der Waals surface area contributed by atoms with Crippen LogP contribution in [0.25, 0.3) is 50.2 Å². The summed E-state index contributed by atoms with van der Waals surface area (Å²) in [7, 11) is 0. The molecule has 0 spiro atoms. The highest BCUT2D eigenvalue weighted by Gasteiger charge is 2.39. The van der Waals surface area contributed by atoms with E-state index in [0.29, 0.717) is 35.3 Å². The Morgan fingerprint density at radius 2 is 1.85 bits per heavy atom. The molecule has 2 unspecified atom stereocenters. The number of H-pyrrole nitrogens is 1. The van der Waals surface area contributed by atoms with Crippen molar-refractivity contribution in [3.05, 3.63) is 85.0 Å². The molecule has 8 rings (SSSR count). The number of hydrogen-bond acceptors (Lipinski definition) is 6. The van der Waals surface area contributed by atoms with Gasteiger partial charge in [0, 0.05) is 66.3 Å². The first-order valence-corrected chi connectivity index (χ1v) is 12.9. The smallest absolute Gasteiger partial charge is 0.164 e. The van der Waals surface area contributed by atoms with Crippen molar-refractivity contribution in [3.8, 4) is 33.6 Å². The summed E-state index contributed by atoms with van der Waals surface area (Å²) in [5.41, 5.74) is 5.39. The molecule has 2 saturated heterocycles. The lowest BCUT2D eigenvalue weighted by atomic mass is 9.99. The first-order chi connectivity index (χ1) is 19.2. The van der Waals surface area contributed by atoms with E-state index in [1.54, 1.807) is 35.4 Å². The molecule has 0 saturated carbocycles. The molecule has 2 fully saturated rings. The molecule has 6 aromatic rings. The zero-order valence-corrected chi connectivity index (χ0v) is 20.6. The highest BCUT2D eigenvalue weighted by molar-refractivity contribution is 6.02. The van der Waals surface area contributed by atoms with Crippen LogP contribution >= 0.6 is 0 Å². The van der Waals surface area contributed by atoms with Gasteiger partial charge in [-0.15, -0.1) is 0 Å². The lowest BCUT2D eigenvalue weighted by molar-refractivity contribution is 0.554. The van der Waals surface area contributed by atoms with Gasteiger partial charge in [0.2, 0.25) is 0 Å². The Hall–Kier alpha value is -4.70. The summed E-state index contributed by atoms with van der Waals surface area (Å²) >= 11 is 0. The van der Waals surface area contributed by atoms with Crippen LogP contribution in [0.1, 0.15) is 6.42 Å². The molecule has 10 heteroatoms. The lowest BCUT2D eigenvalue weighted by Gasteiger charge is -2.30. The molecular formula is C29H22F2N8. The van der Waals surface area contributed by atoms with Gasteiger partial charge in [-0.1, -0.05) is 12.1 Å². The number of benzene rings is 2. The molecule has 6 heterocycles. The maximum atomic E-state index is 15.8. The van der Waals surface area contributed by atoms with Crippen LogP contribution in [0, 0.1) is 11.6 Å². The fourth-order valence-electron chi connectivity index (χ4n) is 6.10. The van der Waals surface area contributed by atoms with Crippen molar-refractivity contribution in [3.63, 3.8) is 0 Å². The summed E-state index contributed by atoms with van der Waals surface area (Å²) < 4.78 is 32.9. The van der Waals surface area contributed by atoms with Gasteiger partial charge in [-0.3, -0.25) is 10.1 Å². The molecule has 2 bridgehead atoms. The van der Waals surface area contributed by atoms with Crippen LogP contribution in [0.4, 0.5) is 14.5 Å². The van der Waals surface area contributed by atoms with Gasteiger partial charge in [-0.2, -0.15) is 10.2 Å². The SMILES string of the molecule is Fc1cc(N2CC3CC2CN3)c(F)cc1-c1ccnc2c(-c3cccc4[nH]ncc34)c(-c3ccncc3)nn12. The van der Waals surface area contributed by atoms with Crippen molar-refractivity contribution in [2.75, 3.05) is 18.0 Å². The second-order valence-electron chi connectivity index (χ2n) is 10.1. The number of rotatable bonds is 4. The predicted octanol–water partition coefficient (Wildman–Crippen LogP) is 4.83. The fraction of sp³-hybridized carbons (Fsp3) is 0.172. The first kappa shape index (κ1) is 22.3. The predicted molar refractivity (Wildman–Crippen MR) is 144 cm³/mol. The summed E-state index contributed by atoms with van der Waals surface area (Å²) in [4.78, 5) is 10.8. The number of aromatic amines is 1. The van der Waals surface area contributed by atoms with Gasteiger partial charge in [0.05, 0.1) is 28.7 Å². The highest BCUT2D eigenvalue weighted by Crippen LogP contribution is 2.40. The highest BCUT2D eigenvalue weighted by atomic mass is 19.1. The van der Waals surface area contributed by atoms with Crippen LogP contribution in [0.2, 0.25) is 0 Å². The van der Waals surface area contributed by atoms with Crippen LogP contribution in [0.3, 0.4) is 0 Å². The van der Waals surface area contributed by atoms with E-state index >= 15 is 8.78 Å². The Kier molecular flexibility index (Phi) is 4.80. The molecule has 2 aliphatic heterocycles. The fourth-order valence-corrected chi connectivity index (χ4v) is 6.10. The summed E-state index contributed by atoms with van der Waals surface area (Å²) in [5, 5.41) is 16.5. The Balaban J connectivity index is 1.35. The molecule has 8 nitrogen and oxygen atoms in total. The average Bonchev–Trinajstić information content (AvgIpc) is 3.77. The van der Waals surface area contributed by atoms with Crippen molar-refractivity contribution >= 4 is 22.2 Å². The number of anilines is 1. The number of fused-ring (bicyclic) bond motifs is 4. The van der Waals surface area contributed by atoms with E-state index in [9.17, 15) is 0 Å². The molecule has 2 aliphatic rings. The zero-order valence-electron chi connectivity index (χ0n) is 20.6. The number of aromatic nitrogens is 6. The van der Waals surface area contributed by atoms with Crippen LogP contribution in [0.15, 0.2) is 73.3 Å². The quantitative estimate of drug-likeness (QED) is 0.346. The molecule has 4 aromatic heterocycles. The number of piperazine rings is 1. The topological polar surface area (TPSA) is 87.0 Å². The van der Waals surface area contributed by atoms with E-state index in [4.69, 9.17) is 5.10 Å². The van der Waals surface area contributed by atoms with Gasteiger partial charge in [-0.05, 0) is 42.3 Å². The third-order valence-electron chi connectivity index (χ3n) is 7.90. The molecular weight excluding hydrogens is 498 g/mol. The number of nitrogens with one attached hydrogen (secondary N) is 2. The van der Waals surface area contributed by atoms with E-state index in [1.165, 1.54) is 12.1 Å². The van der Waals surface area contributed by atoms with E-state index in [2.05, 4.69) is 25.5 Å². The van der Waals surface area contributed by atoms with E-state index in [1.807, 2.05) is 35.2 Å². The van der Waals surface area contributed by atoms with Gasteiger partial charge in [0.1, 0.15) is 17.3 Å². The maximum absolute atomic E-state index is 15.8. The summed E-state index contributed by atoms with van der Waals surface area (Å²) in [6.07, 6.45) is 7.72. The van der Waals surface area contributed by atoms with E-state index < -0.39 is 11.6 Å². The number of hydrogen-bond donors (Lipinski definition) is 2. The number of pyridine rings is 1. The Morgan fingerprint density at radius 1 is 0.949 bits per heavy atom. The molecule has 2 aromatic carbocycles. The van der Waals surface area contributed by atoms with E-state index in [-0.39, 0.29) is 11.6 Å². The van der Waals surface area contributed by atoms with Crippen molar-refractivity contribution in [2.24, 2.45) is 0 Å². The third kappa shape index (κ3) is 3.38. The third-order valence-corrected chi connectivity index (χ3v) is 7.90. The lowest BCUT2D eigenvalue weighted by Crippen LogP contribution is -2.44. The van der Waals surface area contributed by atoms with Gasteiger partial charge in [0.15, 0.2) is 5.65 Å². The molecule has 0 amide bonds. The van der Waals surface area contributed by atoms with Crippen molar-refractivity contribution < 1.29 is 8.78 Å². The van der Waals surface area contributed by atoms with Gasteiger partial charge >= 0.3 is 0 Å². The van der Waals surface area contributed by atoms with E-state index in [0.717, 1.165) is 40.6 Å². The second kappa shape index (κ2) is 8.40. The first-order valence-electron chi connectivity index (χ1n) is 12.9. The number of halogens is 2. The second-order valence-corrected chi connectivity index (χ2v) is 10.1. The summed E-state index contributed by atoms with van der Waals surface area (Å²) in [5.74, 6) is -0.956. The number of nitrogens with zero attached hydrogens (tertiary/aromatic N) is 6. The van der Waals surface area contributed by atoms with Crippen LogP contribution in [0.5, 0.6) is 0 Å². The van der Waals surface area contributed by atoms with Crippen LogP contribution in [-0.2, 0) is 0 Å².